The average molecular weight is 317 g/mol. The second-order valence-corrected chi connectivity index (χ2v) is 4.60. The van der Waals surface area contributed by atoms with E-state index in [9.17, 15) is 9.18 Å². The normalized spacial score (nSPS) is 11.1. The molecular formula is C15H16FN5O2. The van der Waals surface area contributed by atoms with Gasteiger partial charge in [0.25, 0.3) is 11.9 Å². The van der Waals surface area contributed by atoms with Gasteiger partial charge in [0.15, 0.2) is 0 Å². The van der Waals surface area contributed by atoms with Gasteiger partial charge in [-0.1, -0.05) is 0 Å². The van der Waals surface area contributed by atoms with E-state index >= 15 is 0 Å². The van der Waals surface area contributed by atoms with Crippen molar-refractivity contribution in [2.45, 2.75) is 6.54 Å². The SMILES string of the molecule is CO/C(N)=N\Cc1cc(NC(=O)c2ccc(N)cn2)ccc1F. The molecule has 1 heterocycles. The molecule has 23 heavy (non-hydrogen) atoms. The zero-order valence-corrected chi connectivity index (χ0v) is 12.4. The first kappa shape index (κ1) is 16.2. The number of pyridine rings is 1. The van der Waals surface area contributed by atoms with Crippen molar-refractivity contribution < 1.29 is 13.9 Å². The molecule has 120 valence electrons. The fraction of sp³-hybridized carbons (Fsp3) is 0.133. The van der Waals surface area contributed by atoms with Gasteiger partial charge in [-0.15, -0.1) is 0 Å². The maximum absolute atomic E-state index is 13.7. The lowest BCUT2D eigenvalue weighted by atomic mass is 10.2. The van der Waals surface area contributed by atoms with E-state index < -0.39 is 11.7 Å². The number of amidine groups is 1. The zero-order valence-electron chi connectivity index (χ0n) is 12.4. The number of anilines is 2. The minimum absolute atomic E-state index is 0.00463. The molecule has 0 aliphatic heterocycles. The van der Waals surface area contributed by atoms with Crippen molar-refractivity contribution in [1.29, 1.82) is 0 Å². The van der Waals surface area contributed by atoms with E-state index in [-0.39, 0.29) is 23.8 Å². The van der Waals surface area contributed by atoms with Crippen LogP contribution in [0.15, 0.2) is 41.5 Å². The van der Waals surface area contributed by atoms with Gasteiger partial charge < -0.3 is 21.5 Å². The number of carbonyl (C=O) groups is 1. The van der Waals surface area contributed by atoms with Gasteiger partial charge in [0, 0.05) is 11.3 Å². The number of hydrogen-bond acceptors (Lipinski definition) is 5. The van der Waals surface area contributed by atoms with E-state index in [4.69, 9.17) is 16.2 Å². The minimum atomic E-state index is -0.457. The number of nitrogens with zero attached hydrogens (tertiary/aromatic N) is 2. The molecule has 5 N–H and O–H groups in total. The number of aromatic nitrogens is 1. The smallest absolute Gasteiger partial charge is 0.281 e. The molecule has 0 aliphatic carbocycles. The third-order valence-electron chi connectivity index (χ3n) is 2.94. The van der Waals surface area contributed by atoms with Crippen molar-refractivity contribution in [3.63, 3.8) is 0 Å². The fourth-order valence-corrected chi connectivity index (χ4v) is 1.74. The highest BCUT2D eigenvalue weighted by molar-refractivity contribution is 6.02. The van der Waals surface area contributed by atoms with Gasteiger partial charge in [0.1, 0.15) is 11.5 Å². The summed E-state index contributed by atoms with van der Waals surface area (Å²) in [5, 5.41) is 2.63. The van der Waals surface area contributed by atoms with Crippen LogP contribution in [0.4, 0.5) is 15.8 Å². The van der Waals surface area contributed by atoms with E-state index in [1.54, 1.807) is 6.07 Å². The molecule has 2 rings (SSSR count). The molecule has 1 aromatic carbocycles. The lowest BCUT2D eigenvalue weighted by molar-refractivity contribution is 0.102. The number of rotatable bonds is 4. The van der Waals surface area contributed by atoms with Crippen LogP contribution >= 0.6 is 0 Å². The molecule has 0 saturated carbocycles. The summed E-state index contributed by atoms with van der Waals surface area (Å²) in [6.45, 7) is -0.00463. The summed E-state index contributed by atoms with van der Waals surface area (Å²) in [6.07, 6.45) is 1.38. The second-order valence-electron chi connectivity index (χ2n) is 4.60. The molecule has 0 radical (unpaired) electrons. The summed E-state index contributed by atoms with van der Waals surface area (Å²) >= 11 is 0. The largest absolute Gasteiger partial charge is 0.469 e. The monoisotopic (exact) mass is 317 g/mol. The lowest BCUT2D eigenvalue weighted by Crippen LogP contribution is -2.15. The summed E-state index contributed by atoms with van der Waals surface area (Å²) in [4.78, 5) is 19.8. The fourth-order valence-electron chi connectivity index (χ4n) is 1.74. The van der Waals surface area contributed by atoms with E-state index in [1.807, 2.05) is 0 Å². The molecule has 0 spiro atoms. The van der Waals surface area contributed by atoms with Gasteiger partial charge in [-0.2, -0.15) is 0 Å². The Kier molecular flexibility index (Phi) is 5.08. The molecule has 2 aromatic rings. The van der Waals surface area contributed by atoms with Crippen LogP contribution in [0.5, 0.6) is 0 Å². The summed E-state index contributed by atoms with van der Waals surface area (Å²) in [5.74, 6) is -0.885. The van der Waals surface area contributed by atoms with Gasteiger partial charge in [0.2, 0.25) is 0 Å². The van der Waals surface area contributed by atoms with Crippen LogP contribution in [0.1, 0.15) is 16.1 Å². The van der Waals surface area contributed by atoms with Gasteiger partial charge in [-0.3, -0.25) is 4.79 Å². The summed E-state index contributed by atoms with van der Waals surface area (Å²) < 4.78 is 18.4. The lowest BCUT2D eigenvalue weighted by Gasteiger charge is -2.07. The second kappa shape index (κ2) is 7.21. The molecule has 7 nitrogen and oxygen atoms in total. The van der Waals surface area contributed by atoms with Gasteiger partial charge in [-0.05, 0) is 30.3 Å². The number of nitrogens with two attached hydrogens (primary N) is 2. The number of nitrogen functional groups attached to an aromatic ring is 1. The highest BCUT2D eigenvalue weighted by Crippen LogP contribution is 2.16. The molecule has 1 amide bonds. The molecule has 8 heteroatoms. The number of aliphatic imine (C=N–C) groups is 1. The predicted molar refractivity (Wildman–Crippen MR) is 85.3 cm³/mol. The number of carbonyl (C=O) groups excluding carboxylic acids is 1. The van der Waals surface area contributed by atoms with Gasteiger partial charge >= 0.3 is 0 Å². The van der Waals surface area contributed by atoms with Gasteiger partial charge in [-0.25, -0.2) is 14.4 Å². The highest BCUT2D eigenvalue weighted by Gasteiger charge is 2.09. The highest BCUT2D eigenvalue weighted by atomic mass is 19.1. The van der Waals surface area contributed by atoms with E-state index in [0.29, 0.717) is 11.4 Å². The Hall–Kier alpha value is -3.16. The third-order valence-corrected chi connectivity index (χ3v) is 2.94. The average Bonchev–Trinajstić information content (AvgIpc) is 2.55. The summed E-state index contributed by atoms with van der Waals surface area (Å²) in [6, 6.07) is 7.16. The van der Waals surface area contributed by atoms with Crippen molar-refractivity contribution in [2.24, 2.45) is 10.7 Å². The molecule has 0 fully saturated rings. The zero-order chi connectivity index (χ0) is 16.8. The number of ether oxygens (including phenoxy) is 1. The number of nitrogens with one attached hydrogen (secondary N) is 1. The topological polar surface area (TPSA) is 116 Å². The molecule has 1 aromatic heterocycles. The summed E-state index contributed by atoms with van der Waals surface area (Å²) in [7, 11) is 1.37. The first-order chi connectivity index (χ1) is 11.0. The molecule has 0 aliphatic rings. The molecule has 0 atom stereocenters. The first-order valence-electron chi connectivity index (χ1n) is 6.65. The number of halogens is 1. The number of hydrogen-bond donors (Lipinski definition) is 3. The van der Waals surface area contributed by atoms with E-state index in [0.717, 1.165) is 0 Å². The number of amides is 1. The van der Waals surface area contributed by atoms with E-state index in [1.165, 1.54) is 37.6 Å². The van der Waals surface area contributed by atoms with Crippen LogP contribution in [0, 0.1) is 5.82 Å². The first-order valence-corrected chi connectivity index (χ1v) is 6.65. The number of methoxy groups -OCH3 is 1. The van der Waals surface area contributed by atoms with Crippen LogP contribution in [-0.2, 0) is 11.3 Å². The maximum Gasteiger partial charge on any atom is 0.281 e. The number of benzene rings is 1. The van der Waals surface area contributed by atoms with Crippen molar-refractivity contribution in [3.05, 3.63) is 53.6 Å². The van der Waals surface area contributed by atoms with E-state index in [2.05, 4.69) is 15.3 Å². The standard InChI is InChI=1S/C15H16FN5O2/c1-23-15(18)20-7-9-6-11(3-4-12(9)16)21-14(22)13-5-2-10(17)8-19-13/h2-6,8H,7,17H2,1H3,(H2,18,20)(H,21,22). The minimum Gasteiger partial charge on any atom is -0.469 e. The molecule has 0 saturated heterocycles. The maximum atomic E-state index is 13.7. The van der Waals surface area contributed by atoms with Crippen LogP contribution in [-0.4, -0.2) is 24.0 Å². The quantitative estimate of drug-likeness (QED) is 0.584. The van der Waals surface area contributed by atoms with Crippen molar-refractivity contribution in [1.82, 2.24) is 4.98 Å². The van der Waals surface area contributed by atoms with Crippen LogP contribution in [0.3, 0.4) is 0 Å². The predicted octanol–water partition coefficient (Wildman–Crippen LogP) is 1.52. The molecule has 0 unspecified atom stereocenters. The Bertz CT molecular complexity index is 731. The third kappa shape index (κ3) is 4.40. The Balaban J connectivity index is 2.14. The Morgan fingerprint density at radius 3 is 2.83 bits per heavy atom. The summed E-state index contributed by atoms with van der Waals surface area (Å²) in [5.41, 5.74) is 12.3. The molecular weight excluding hydrogens is 301 g/mol. The van der Waals surface area contributed by atoms with Crippen molar-refractivity contribution in [2.75, 3.05) is 18.2 Å². The van der Waals surface area contributed by atoms with Crippen molar-refractivity contribution >= 4 is 23.3 Å². The van der Waals surface area contributed by atoms with Crippen LogP contribution in [0.2, 0.25) is 0 Å². The Morgan fingerprint density at radius 2 is 2.17 bits per heavy atom. The van der Waals surface area contributed by atoms with Crippen LogP contribution in [0.25, 0.3) is 0 Å². The van der Waals surface area contributed by atoms with Crippen molar-refractivity contribution in [3.8, 4) is 0 Å². The van der Waals surface area contributed by atoms with Gasteiger partial charge in [0.05, 0.1) is 25.5 Å². The molecule has 0 bridgehead atoms. The van der Waals surface area contributed by atoms with Crippen LogP contribution < -0.4 is 16.8 Å². The Labute approximate surface area is 132 Å². The Morgan fingerprint density at radius 1 is 1.39 bits per heavy atom.